The third-order valence-corrected chi connectivity index (χ3v) is 3.03. The predicted octanol–water partition coefficient (Wildman–Crippen LogP) is 2.81. The number of nitrogens with one attached hydrogen (secondary N) is 1. The van der Waals surface area contributed by atoms with E-state index in [4.69, 9.17) is 0 Å². The Morgan fingerprint density at radius 2 is 2.00 bits per heavy atom. The Morgan fingerprint density at radius 3 is 2.78 bits per heavy atom. The highest BCUT2D eigenvalue weighted by Gasteiger charge is 2.11. The molecule has 2 aromatic heterocycles. The van der Waals surface area contributed by atoms with Crippen molar-refractivity contribution in [2.75, 3.05) is 7.11 Å². The SMILES string of the molecule is COC(=O)c1cc2c(cn1)[nH]c1ccc(C)cc12. The number of methoxy groups -OCH3 is 1. The van der Waals surface area contributed by atoms with Crippen LogP contribution in [-0.4, -0.2) is 23.0 Å². The molecular formula is C14H12N2O2. The molecule has 1 N–H and O–H groups in total. The second-order valence-corrected chi connectivity index (χ2v) is 4.28. The third kappa shape index (κ3) is 1.54. The molecule has 3 rings (SSSR count). The second-order valence-electron chi connectivity index (χ2n) is 4.28. The fourth-order valence-electron chi connectivity index (χ4n) is 2.13. The topological polar surface area (TPSA) is 55.0 Å². The summed E-state index contributed by atoms with van der Waals surface area (Å²) in [5.74, 6) is -0.418. The van der Waals surface area contributed by atoms with Gasteiger partial charge >= 0.3 is 5.97 Å². The van der Waals surface area contributed by atoms with Gasteiger partial charge in [-0.25, -0.2) is 9.78 Å². The van der Waals surface area contributed by atoms with Crippen LogP contribution in [0.5, 0.6) is 0 Å². The summed E-state index contributed by atoms with van der Waals surface area (Å²) in [5.41, 5.74) is 3.47. The molecule has 0 saturated heterocycles. The Hall–Kier alpha value is -2.36. The number of nitrogens with zero attached hydrogens (tertiary/aromatic N) is 1. The molecule has 0 radical (unpaired) electrons. The van der Waals surface area contributed by atoms with E-state index in [2.05, 4.69) is 20.8 Å². The molecule has 0 bridgehead atoms. The Bertz CT molecular complexity index is 759. The fourth-order valence-corrected chi connectivity index (χ4v) is 2.13. The van der Waals surface area contributed by atoms with Gasteiger partial charge in [-0.2, -0.15) is 0 Å². The van der Waals surface area contributed by atoms with Gasteiger partial charge in [0.25, 0.3) is 0 Å². The highest BCUT2D eigenvalue weighted by molar-refractivity contribution is 6.08. The van der Waals surface area contributed by atoms with Gasteiger partial charge in [0, 0.05) is 16.3 Å². The highest BCUT2D eigenvalue weighted by Crippen LogP contribution is 2.26. The molecule has 0 aliphatic carbocycles. The molecule has 1 aromatic carbocycles. The van der Waals surface area contributed by atoms with Crippen molar-refractivity contribution in [1.82, 2.24) is 9.97 Å². The summed E-state index contributed by atoms with van der Waals surface area (Å²) in [4.78, 5) is 18.9. The van der Waals surface area contributed by atoms with Crippen LogP contribution in [0.1, 0.15) is 16.1 Å². The fraction of sp³-hybridized carbons (Fsp3) is 0.143. The maximum atomic E-state index is 11.5. The van der Waals surface area contributed by atoms with Gasteiger partial charge in [0.05, 0.1) is 18.8 Å². The minimum absolute atomic E-state index is 0.326. The maximum absolute atomic E-state index is 11.5. The van der Waals surface area contributed by atoms with E-state index in [0.717, 1.165) is 21.8 Å². The molecular weight excluding hydrogens is 228 g/mol. The van der Waals surface area contributed by atoms with Gasteiger partial charge in [-0.15, -0.1) is 0 Å². The van der Waals surface area contributed by atoms with E-state index in [9.17, 15) is 4.79 Å². The largest absolute Gasteiger partial charge is 0.464 e. The van der Waals surface area contributed by atoms with E-state index < -0.39 is 5.97 Å². The first kappa shape index (κ1) is 10.8. The monoisotopic (exact) mass is 240 g/mol. The Balaban J connectivity index is 2.34. The predicted molar refractivity (Wildman–Crippen MR) is 69.7 cm³/mol. The Labute approximate surface area is 104 Å². The average Bonchev–Trinajstić information content (AvgIpc) is 2.75. The van der Waals surface area contributed by atoms with Gasteiger partial charge in [0.2, 0.25) is 0 Å². The molecule has 0 atom stereocenters. The number of hydrogen-bond acceptors (Lipinski definition) is 3. The standard InChI is InChI=1S/C14H12N2O2/c1-8-3-4-11-9(5-8)10-6-12(14(17)18-2)15-7-13(10)16-11/h3-7,16H,1-2H3. The first-order valence-electron chi connectivity index (χ1n) is 5.65. The summed E-state index contributed by atoms with van der Waals surface area (Å²) >= 11 is 0. The molecule has 3 aromatic rings. The van der Waals surface area contributed by atoms with Crippen LogP contribution in [-0.2, 0) is 4.74 Å². The Kier molecular flexibility index (Phi) is 2.30. The molecule has 90 valence electrons. The third-order valence-electron chi connectivity index (χ3n) is 3.03. The van der Waals surface area contributed by atoms with E-state index in [1.165, 1.54) is 12.7 Å². The summed E-state index contributed by atoms with van der Waals surface area (Å²) in [6.45, 7) is 2.04. The minimum atomic E-state index is -0.418. The van der Waals surface area contributed by atoms with Gasteiger partial charge in [-0.05, 0) is 25.1 Å². The number of aromatic amines is 1. The number of aryl methyl sites for hydroxylation is 1. The number of pyridine rings is 1. The normalized spacial score (nSPS) is 11.0. The van der Waals surface area contributed by atoms with E-state index >= 15 is 0 Å². The number of hydrogen-bond donors (Lipinski definition) is 1. The minimum Gasteiger partial charge on any atom is -0.464 e. The molecule has 0 saturated carbocycles. The molecule has 0 aliphatic heterocycles. The van der Waals surface area contributed by atoms with E-state index in [1.807, 2.05) is 19.1 Å². The Morgan fingerprint density at radius 1 is 1.22 bits per heavy atom. The molecule has 0 spiro atoms. The number of carbonyl (C=O) groups is 1. The highest BCUT2D eigenvalue weighted by atomic mass is 16.5. The van der Waals surface area contributed by atoms with Gasteiger partial charge in [0.1, 0.15) is 5.69 Å². The number of rotatable bonds is 1. The number of ether oxygens (including phenoxy) is 1. The smallest absolute Gasteiger partial charge is 0.356 e. The van der Waals surface area contributed by atoms with Gasteiger partial charge in [0.15, 0.2) is 0 Å². The van der Waals surface area contributed by atoms with Crippen LogP contribution >= 0.6 is 0 Å². The molecule has 4 heteroatoms. The van der Waals surface area contributed by atoms with E-state index in [-0.39, 0.29) is 0 Å². The molecule has 0 fully saturated rings. The van der Waals surface area contributed by atoms with Crippen LogP contribution in [0, 0.1) is 6.92 Å². The zero-order valence-electron chi connectivity index (χ0n) is 10.2. The lowest BCUT2D eigenvalue weighted by Gasteiger charge is -1.98. The zero-order chi connectivity index (χ0) is 12.7. The van der Waals surface area contributed by atoms with Crippen molar-refractivity contribution in [3.63, 3.8) is 0 Å². The van der Waals surface area contributed by atoms with Crippen LogP contribution < -0.4 is 0 Å². The molecule has 4 nitrogen and oxygen atoms in total. The summed E-state index contributed by atoms with van der Waals surface area (Å²) in [6, 6.07) is 7.93. The van der Waals surface area contributed by atoms with Gasteiger partial charge in [-0.1, -0.05) is 11.6 Å². The maximum Gasteiger partial charge on any atom is 0.356 e. The van der Waals surface area contributed by atoms with E-state index in [0.29, 0.717) is 5.69 Å². The van der Waals surface area contributed by atoms with Crippen molar-refractivity contribution in [3.05, 3.63) is 41.7 Å². The molecule has 18 heavy (non-hydrogen) atoms. The van der Waals surface area contributed by atoms with Crippen LogP contribution in [0.3, 0.4) is 0 Å². The lowest BCUT2D eigenvalue weighted by Crippen LogP contribution is -2.03. The summed E-state index contributed by atoms with van der Waals surface area (Å²) < 4.78 is 4.69. The molecule has 0 unspecified atom stereocenters. The average molecular weight is 240 g/mol. The van der Waals surface area contributed by atoms with Crippen LogP contribution in [0.25, 0.3) is 21.8 Å². The molecule has 0 aliphatic rings. The number of H-pyrrole nitrogens is 1. The van der Waals surface area contributed by atoms with Crippen molar-refractivity contribution >= 4 is 27.8 Å². The number of fused-ring (bicyclic) bond motifs is 3. The van der Waals surface area contributed by atoms with Crippen molar-refractivity contribution in [3.8, 4) is 0 Å². The van der Waals surface area contributed by atoms with Crippen molar-refractivity contribution in [2.24, 2.45) is 0 Å². The number of benzene rings is 1. The quantitative estimate of drug-likeness (QED) is 0.665. The van der Waals surface area contributed by atoms with Crippen LogP contribution in [0.2, 0.25) is 0 Å². The zero-order valence-corrected chi connectivity index (χ0v) is 10.2. The van der Waals surface area contributed by atoms with Crippen molar-refractivity contribution in [1.29, 1.82) is 0 Å². The summed E-state index contributed by atoms with van der Waals surface area (Å²) in [7, 11) is 1.35. The van der Waals surface area contributed by atoms with Gasteiger partial charge in [-0.3, -0.25) is 0 Å². The molecule has 2 heterocycles. The van der Waals surface area contributed by atoms with Crippen molar-refractivity contribution < 1.29 is 9.53 Å². The lowest BCUT2D eigenvalue weighted by atomic mass is 10.1. The number of aromatic nitrogens is 2. The van der Waals surface area contributed by atoms with Gasteiger partial charge < -0.3 is 9.72 Å². The number of esters is 1. The second kappa shape index (κ2) is 3.84. The first-order chi connectivity index (χ1) is 8.69. The van der Waals surface area contributed by atoms with Crippen molar-refractivity contribution in [2.45, 2.75) is 6.92 Å². The number of carbonyl (C=O) groups excluding carboxylic acids is 1. The summed E-state index contributed by atoms with van der Waals surface area (Å²) in [6.07, 6.45) is 1.66. The van der Waals surface area contributed by atoms with Crippen LogP contribution in [0.15, 0.2) is 30.5 Å². The van der Waals surface area contributed by atoms with Crippen LogP contribution in [0.4, 0.5) is 0 Å². The summed E-state index contributed by atoms with van der Waals surface area (Å²) in [5, 5.41) is 2.08. The van der Waals surface area contributed by atoms with E-state index in [1.54, 1.807) is 12.3 Å². The lowest BCUT2D eigenvalue weighted by molar-refractivity contribution is 0.0594. The first-order valence-corrected chi connectivity index (χ1v) is 5.65. The molecule has 0 amide bonds.